The number of benzene rings is 1. The molecule has 1 N–H and O–H groups in total. The Labute approximate surface area is 201 Å². The maximum absolute atomic E-state index is 13.8. The molecule has 0 bridgehead atoms. The summed E-state index contributed by atoms with van der Waals surface area (Å²) in [5.74, 6) is -2.66. The van der Waals surface area contributed by atoms with Crippen LogP contribution >= 0.6 is 0 Å². The number of esters is 2. The maximum Gasteiger partial charge on any atom is 0.337 e. The molecule has 0 amide bonds. The second-order valence-electron chi connectivity index (χ2n) is 9.23. The number of ether oxygens (including phenoxy) is 3. The molecule has 3 atom stereocenters. The molecular formula is C27H35NO6. The second kappa shape index (κ2) is 10.9. The van der Waals surface area contributed by atoms with E-state index in [-0.39, 0.29) is 17.8 Å². The first-order valence-corrected chi connectivity index (χ1v) is 12.0. The number of dihydropyridines is 1. The number of allylic oxidation sites excluding steroid dienone is 3. The summed E-state index contributed by atoms with van der Waals surface area (Å²) in [6.45, 7) is 9.85. The molecule has 0 spiro atoms. The smallest absolute Gasteiger partial charge is 0.337 e. The quantitative estimate of drug-likeness (QED) is 0.342. The molecule has 3 rings (SSSR count). The van der Waals surface area contributed by atoms with Crippen molar-refractivity contribution in [2.24, 2.45) is 11.8 Å². The van der Waals surface area contributed by atoms with Gasteiger partial charge in [-0.15, -0.1) is 0 Å². The minimum Gasteiger partial charge on any atom is -0.493 e. The van der Waals surface area contributed by atoms with Crippen LogP contribution in [0.3, 0.4) is 0 Å². The van der Waals surface area contributed by atoms with E-state index in [1.165, 1.54) is 7.11 Å². The van der Waals surface area contributed by atoms with Gasteiger partial charge in [-0.2, -0.15) is 0 Å². The molecule has 0 saturated carbocycles. The molecule has 1 aliphatic carbocycles. The van der Waals surface area contributed by atoms with Crippen molar-refractivity contribution in [3.63, 3.8) is 0 Å². The lowest BCUT2D eigenvalue weighted by atomic mass is 9.69. The van der Waals surface area contributed by atoms with E-state index < -0.39 is 23.8 Å². The van der Waals surface area contributed by atoms with Gasteiger partial charge in [-0.05, 0) is 45.6 Å². The summed E-state index contributed by atoms with van der Waals surface area (Å²) in [7, 11) is 1.29. The van der Waals surface area contributed by atoms with Crippen molar-refractivity contribution in [2.75, 3.05) is 13.7 Å². The Kier molecular flexibility index (Phi) is 8.18. The zero-order valence-corrected chi connectivity index (χ0v) is 20.9. The average molecular weight is 470 g/mol. The Hall–Kier alpha value is -3.09. The maximum atomic E-state index is 13.8. The molecule has 2 aliphatic rings. The fraction of sp³-hybridized carbons (Fsp3) is 0.519. The number of unbranched alkanes of at least 4 members (excludes halogenated alkanes) is 1. The molecule has 184 valence electrons. The topological polar surface area (TPSA) is 90.9 Å². The second-order valence-corrected chi connectivity index (χ2v) is 9.23. The van der Waals surface area contributed by atoms with Gasteiger partial charge in [-0.25, -0.2) is 4.79 Å². The van der Waals surface area contributed by atoms with Crippen molar-refractivity contribution in [2.45, 2.75) is 65.9 Å². The predicted molar refractivity (Wildman–Crippen MR) is 128 cm³/mol. The van der Waals surface area contributed by atoms with Gasteiger partial charge in [0, 0.05) is 22.5 Å². The molecule has 0 saturated heterocycles. The highest BCUT2D eigenvalue weighted by Crippen LogP contribution is 2.47. The third-order valence-corrected chi connectivity index (χ3v) is 6.29. The first kappa shape index (κ1) is 25.5. The SMILES string of the molecule is CCCCOc1ccccc1[C@H]1C(C(=O)OC(C)C)=C(C)NC2=C1C(=O)[C@@H](C(=O)OC)[C@@H](C)C2. The van der Waals surface area contributed by atoms with E-state index in [9.17, 15) is 14.4 Å². The first-order valence-electron chi connectivity index (χ1n) is 12.0. The van der Waals surface area contributed by atoms with Crippen LogP contribution in [0.2, 0.25) is 0 Å². The average Bonchev–Trinajstić information content (AvgIpc) is 2.77. The molecular weight excluding hydrogens is 434 g/mol. The summed E-state index contributed by atoms with van der Waals surface area (Å²) in [6, 6.07) is 7.45. The highest BCUT2D eigenvalue weighted by Gasteiger charge is 2.47. The summed E-state index contributed by atoms with van der Waals surface area (Å²) >= 11 is 0. The number of rotatable bonds is 8. The van der Waals surface area contributed by atoms with E-state index in [1.54, 1.807) is 13.8 Å². The molecule has 7 heteroatoms. The van der Waals surface area contributed by atoms with E-state index >= 15 is 0 Å². The number of nitrogens with one attached hydrogen (secondary N) is 1. The highest BCUT2D eigenvalue weighted by molar-refractivity contribution is 6.12. The molecule has 1 aromatic carbocycles. The van der Waals surface area contributed by atoms with Crippen molar-refractivity contribution in [3.05, 3.63) is 52.4 Å². The molecule has 1 heterocycles. The standard InChI is InChI=1S/C27H35NO6/c1-7-8-13-33-20-12-10-9-11-18(20)23-22(27(31)34-15(2)3)17(5)28-19-14-16(4)21(26(30)32-6)25(29)24(19)23/h9-12,15-16,21,23,28H,7-8,13-14H2,1-6H3/t16-,21-,23-/m0/s1. The number of Topliss-reactive ketones (excluding diaryl/α,β-unsaturated/α-hetero) is 1. The van der Waals surface area contributed by atoms with Gasteiger partial charge in [0.2, 0.25) is 0 Å². The summed E-state index contributed by atoms with van der Waals surface area (Å²) in [6.07, 6.45) is 2.02. The van der Waals surface area contributed by atoms with Gasteiger partial charge < -0.3 is 19.5 Å². The lowest BCUT2D eigenvalue weighted by molar-refractivity contribution is -0.151. The monoisotopic (exact) mass is 469 g/mol. The van der Waals surface area contributed by atoms with Crippen LogP contribution < -0.4 is 10.1 Å². The lowest BCUT2D eigenvalue weighted by Gasteiger charge is -2.38. The van der Waals surface area contributed by atoms with Gasteiger partial charge in [0.25, 0.3) is 0 Å². The molecule has 0 aromatic heterocycles. The Morgan fingerprint density at radius 3 is 2.56 bits per heavy atom. The van der Waals surface area contributed by atoms with E-state index in [4.69, 9.17) is 14.2 Å². The van der Waals surface area contributed by atoms with E-state index in [1.807, 2.05) is 38.1 Å². The van der Waals surface area contributed by atoms with Gasteiger partial charge in [0.1, 0.15) is 11.7 Å². The molecule has 0 fully saturated rings. The van der Waals surface area contributed by atoms with Crippen LogP contribution in [-0.4, -0.2) is 37.5 Å². The molecule has 1 aromatic rings. The Morgan fingerprint density at radius 1 is 1.21 bits per heavy atom. The molecule has 34 heavy (non-hydrogen) atoms. The molecule has 0 radical (unpaired) electrons. The van der Waals surface area contributed by atoms with Crippen LogP contribution in [0.4, 0.5) is 0 Å². The van der Waals surface area contributed by atoms with Crippen LogP contribution in [-0.2, 0) is 23.9 Å². The lowest BCUT2D eigenvalue weighted by Crippen LogP contribution is -2.43. The number of methoxy groups -OCH3 is 1. The third kappa shape index (κ3) is 5.03. The van der Waals surface area contributed by atoms with Crippen molar-refractivity contribution >= 4 is 17.7 Å². The molecule has 0 unspecified atom stereocenters. The van der Waals surface area contributed by atoms with Gasteiger partial charge in [-0.1, -0.05) is 38.5 Å². The predicted octanol–water partition coefficient (Wildman–Crippen LogP) is 4.43. The van der Waals surface area contributed by atoms with Gasteiger partial charge in [0.15, 0.2) is 5.78 Å². The largest absolute Gasteiger partial charge is 0.493 e. The van der Waals surface area contributed by atoms with Crippen LogP contribution in [0.25, 0.3) is 0 Å². The van der Waals surface area contributed by atoms with Crippen molar-refractivity contribution in [1.82, 2.24) is 5.32 Å². The number of carbonyl (C=O) groups excluding carboxylic acids is 3. The molecule has 7 nitrogen and oxygen atoms in total. The van der Waals surface area contributed by atoms with E-state index in [0.717, 1.165) is 18.5 Å². The summed E-state index contributed by atoms with van der Waals surface area (Å²) in [5.41, 5.74) is 2.82. The number of hydrogen-bond donors (Lipinski definition) is 1. The summed E-state index contributed by atoms with van der Waals surface area (Å²) < 4.78 is 16.6. The van der Waals surface area contributed by atoms with Crippen molar-refractivity contribution in [3.8, 4) is 5.75 Å². The first-order chi connectivity index (χ1) is 16.2. The third-order valence-electron chi connectivity index (χ3n) is 6.29. The van der Waals surface area contributed by atoms with Crippen LogP contribution in [0.15, 0.2) is 46.8 Å². The number of ketones is 1. The number of hydrogen-bond acceptors (Lipinski definition) is 7. The van der Waals surface area contributed by atoms with Crippen LogP contribution in [0.1, 0.15) is 65.4 Å². The summed E-state index contributed by atoms with van der Waals surface area (Å²) in [4.78, 5) is 39.7. The minimum absolute atomic E-state index is 0.236. The normalized spacial score (nSPS) is 22.3. The van der Waals surface area contributed by atoms with Crippen LogP contribution in [0.5, 0.6) is 5.75 Å². The van der Waals surface area contributed by atoms with Crippen LogP contribution in [0, 0.1) is 11.8 Å². The molecule has 1 aliphatic heterocycles. The number of para-hydroxylation sites is 1. The van der Waals surface area contributed by atoms with Gasteiger partial charge in [-0.3, -0.25) is 9.59 Å². The van der Waals surface area contributed by atoms with Crippen molar-refractivity contribution in [1.29, 1.82) is 0 Å². The fourth-order valence-electron chi connectivity index (χ4n) is 4.72. The summed E-state index contributed by atoms with van der Waals surface area (Å²) in [5, 5.41) is 3.28. The van der Waals surface area contributed by atoms with E-state index in [2.05, 4.69) is 12.2 Å². The Bertz CT molecular complexity index is 1020. The zero-order chi connectivity index (χ0) is 25.0. The number of carbonyl (C=O) groups is 3. The van der Waals surface area contributed by atoms with Gasteiger partial charge in [0.05, 0.1) is 31.3 Å². The minimum atomic E-state index is -0.929. The Balaban J connectivity index is 2.19. The van der Waals surface area contributed by atoms with E-state index in [0.29, 0.717) is 41.2 Å². The zero-order valence-electron chi connectivity index (χ0n) is 20.9. The van der Waals surface area contributed by atoms with Gasteiger partial charge >= 0.3 is 11.9 Å². The Morgan fingerprint density at radius 2 is 1.91 bits per heavy atom. The highest BCUT2D eigenvalue weighted by atomic mass is 16.5. The van der Waals surface area contributed by atoms with Crippen molar-refractivity contribution < 1.29 is 28.6 Å². The fourth-order valence-corrected chi connectivity index (χ4v) is 4.72.